The van der Waals surface area contributed by atoms with E-state index in [1.165, 1.54) is 24.8 Å². The first-order valence-corrected chi connectivity index (χ1v) is 17.4. The second-order valence-electron chi connectivity index (χ2n) is 17.4. The zero-order valence-corrected chi connectivity index (χ0v) is 29.0. The van der Waals surface area contributed by atoms with E-state index < -0.39 is 0 Å². The van der Waals surface area contributed by atoms with Gasteiger partial charge in [-0.25, -0.2) is 0 Å². The molecule has 240 valence electrons. The van der Waals surface area contributed by atoms with Crippen LogP contribution in [0.25, 0.3) is 0 Å². The van der Waals surface area contributed by atoms with Crippen molar-refractivity contribution in [3.8, 4) is 11.5 Å². The van der Waals surface area contributed by atoms with Gasteiger partial charge in [0.25, 0.3) is 0 Å². The van der Waals surface area contributed by atoms with Crippen LogP contribution in [0.15, 0.2) is 24.3 Å². The molecule has 2 fully saturated rings. The number of benzene rings is 2. The van der Waals surface area contributed by atoms with Gasteiger partial charge in [-0.3, -0.25) is 4.79 Å². The Morgan fingerprint density at radius 3 is 1.95 bits per heavy atom. The fourth-order valence-corrected chi connectivity index (χ4v) is 10.5. The second-order valence-corrected chi connectivity index (χ2v) is 17.4. The van der Waals surface area contributed by atoms with E-state index in [1.807, 2.05) is 6.07 Å². The molecule has 6 rings (SSSR count). The first-order chi connectivity index (χ1) is 20.5. The summed E-state index contributed by atoms with van der Waals surface area (Å²) in [5.74, 6) is 2.52. The SMILES string of the molecule is CC(C)c1cc2c(cc1O)[C@@]1(C)CCCC(C)(C)[C@@H]1C[C@H]2OOc1cc2c(cc1C(C)C)C(=O)C[C@H]1C(C)(C)CCC[C@]21C. The van der Waals surface area contributed by atoms with Gasteiger partial charge in [0.1, 0.15) is 11.9 Å². The van der Waals surface area contributed by atoms with Crippen molar-refractivity contribution in [3.63, 3.8) is 0 Å². The number of carbonyl (C=O) groups excluding carboxylic acids is 1. The number of phenolic OH excluding ortho intramolecular Hbond substituents is 1. The maximum absolute atomic E-state index is 13.6. The van der Waals surface area contributed by atoms with Crippen LogP contribution in [-0.4, -0.2) is 10.9 Å². The van der Waals surface area contributed by atoms with Crippen LogP contribution in [0, 0.1) is 22.7 Å². The lowest BCUT2D eigenvalue weighted by Gasteiger charge is -2.55. The monoisotopic (exact) mass is 600 g/mol. The van der Waals surface area contributed by atoms with E-state index >= 15 is 0 Å². The molecule has 0 heterocycles. The molecule has 44 heavy (non-hydrogen) atoms. The number of hydrogen-bond acceptors (Lipinski definition) is 4. The van der Waals surface area contributed by atoms with Crippen molar-refractivity contribution in [1.29, 1.82) is 0 Å². The van der Waals surface area contributed by atoms with Crippen molar-refractivity contribution in [2.45, 2.75) is 149 Å². The van der Waals surface area contributed by atoms with E-state index in [0.29, 0.717) is 24.0 Å². The molecule has 5 atom stereocenters. The Balaban J connectivity index is 1.42. The Labute approximate surface area is 266 Å². The summed E-state index contributed by atoms with van der Waals surface area (Å²) in [6, 6.07) is 8.53. The van der Waals surface area contributed by atoms with Crippen LogP contribution in [0.4, 0.5) is 0 Å². The minimum Gasteiger partial charge on any atom is -0.508 e. The van der Waals surface area contributed by atoms with E-state index in [9.17, 15) is 9.90 Å². The standard InChI is InChI=1S/C40H56O4/c1-23(2)25-17-28-29(19-31(25)41)39(9)15-12-14-38(7,8)36(39)22-34(28)44-43-33-20-30-27(18-26(33)24(3)4)32(42)21-35-37(5,6)13-11-16-40(30,35)10/h17-20,23-24,34-36,41H,11-16,21-22H2,1-10H3/t34-,35+,36+,39-,40-/m1/s1. The Morgan fingerprint density at radius 2 is 1.34 bits per heavy atom. The van der Waals surface area contributed by atoms with Crippen LogP contribution < -0.4 is 4.89 Å². The summed E-state index contributed by atoms with van der Waals surface area (Å²) >= 11 is 0. The zero-order valence-electron chi connectivity index (χ0n) is 29.0. The molecule has 0 aromatic heterocycles. The Morgan fingerprint density at radius 1 is 0.750 bits per heavy atom. The molecule has 2 aromatic carbocycles. The van der Waals surface area contributed by atoms with E-state index in [1.54, 1.807) is 0 Å². The van der Waals surface area contributed by atoms with Crippen LogP contribution >= 0.6 is 0 Å². The minimum atomic E-state index is -0.242. The van der Waals surface area contributed by atoms with Gasteiger partial charge in [-0.1, -0.05) is 82.1 Å². The van der Waals surface area contributed by atoms with Crippen LogP contribution in [-0.2, 0) is 15.7 Å². The van der Waals surface area contributed by atoms with Gasteiger partial charge in [0.2, 0.25) is 0 Å². The number of phenols is 1. The highest BCUT2D eigenvalue weighted by atomic mass is 17.2. The van der Waals surface area contributed by atoms with Gasteiger partial charge in [0.05, 0.1) is 0 Å². The van der Waals surface area contributed by atoms with Gasteiger partial charge >= 0.3 is 0 Å². The van der Waals surface area contributed by atoms with Crippen LogP contribution in [0.5, 0.6) is 11.5 Å². The lowest BCUT2D eigenvalue weighted by atomic mass is 9.50. The van der Waals surface area contributed by atoms with Crippen molar-refractivity contribution in [2.75, 3.05) is 0 Å². The summed E-state index contributed by atoms with van der Waals surface area (Å²) in [4.78, 5) is 26.8. The number of Topliss-reactive ketones (excluding diaryl/α,β-unsaturated/α-hetero) is 1. The largest absolute Gasteiger partial charge is 0.508 e. The first-order valence-electron chi connectivity index (χ1n) is 17.4. The number of ketones is 1. The Hall–Kier alpha value is -2.33. The van der Waals surface area contributed by atoms with Crippen LogP contribution in [0.2, 0.25) is 0 Å². The van der Waals surface area contributed by atoms with Crippen molar-refractivity contribution in [3.05, 3.63) is 57.6 Å². The van der Waals surface area contributed by atoms with Crippen LogP contribution in [0.3, 0.4) is 0 Å². The summed E-state index contributed by atoms with van der Waals surface area (Å²) in [6.07, 6.45) is 8.20. The fraction of sp³-hybridized carbons (Fsp3) is 0.675. The third-order valence-electron chi connectivity index (χ3n) is 13.0. The predicted octanol–water partition coefficient (Wildman–Crippen LogP) is 10.8. The van der Waals surface area contributed by atoms with Crippen molar-refractivity contribution in [2.24, 2.45) is 22.7 Å². The summed E-state index contributed by atoms with van der Waals surface area (Å²) in [5.41, 5.74) is 6.60. The lowest BCUT2D eigenvalue weighted by molar-refractivity contribution is -0.260. The molecule has 1 N–H and O–H groups in total. The lowest BCUT2D eigenvalue weighted by Crippen LogP contribution is -2.49. The maximum Gasteiger partial charge on any atom is 0.169 e. The van der Waals surface area contributed by atoms with Gasteiger partial charge in [0, 0.05) is 17.5 Å². The third-order valence-corrected chi connectivity index (χ3v) is 13.0. The van der Waals surface area contributed by atoms with Crippen molar-refractivity contribution in [1.82, 2.24) is 0 Å². The van der Waals surface area contributed by atoms with Crippen molar-refractivity contribution >= 4 is 5.78 Å². The maximum atomic E-state index is 13.6. The molecule has 0 radical (unpaired) electrons. The quantitative estimate of drug-likeness (QED) is 0.274. The minimum absolute atomic E-state index is 0.0173. The van der Waals surface area contributed by atoms with E-state index in [4.69, 9.17) is 9.78 Å². The molecular formula is C40H56O4. The fourth-order valence-electron chi connectivity index (χ4n) is 10.5. The van der Waals surface area contributed by atoms with Crippen molar-refractivity contribution < 1.29 is 19.7 Å². The summed E-state index contributed by atoms with van der Waals surface area (Å²) in [6.45, 7) is 22.9. The topological polar surface area (TPSA) is 55.8 Å². The summed E-state index contributed by atoms with van der Waals surface area (Å²) in [5, 5.41) is 11.2. The molecule has 0 unspecified atom stereocenters. The average molecular weight is 601 g/mol. The second kappa shape index (κ2) is 10.6. The van der Waals surface area contributed by atoms with E-state index in [0.717, 1.165) is 59.3 Å². The molecule has 2 saturated carbocycles. The molecule has 4 aliphatic rings. The van der Waals surface area contributed by atoms with Gasteiger partial charge < -0.3 is 9.99 Å². The average Bonchev–Trinajstić information content (AvgIpc) is 2.92. The molecule has 4 nitrogen and oxygen atoms in total. The molecule has 0 amide bonds. The number of hydrogen-bond donors (Lipinski definition) is 1. The highest BCUT2D eigenvalue weighted by molar-refractivity contribution is 6.00. The normalized spacial score (nSPS) is 32.1. The Kier molecular flexibility index (Phi) is 7.63. The number of aromatic hydroxyl groups is 1. The van der Waals surface area contributed by atoms with Gasteiger partial charge in [-0.05, 0) is 124 Å². The first kappa shape index (κ1) is 31.6. The zero-order chi connectivity index (χ0) is 32.0. The number of fused-ring (bicyclic) bond motifs is 6. The van der Waals surface area contributed by atoms with Gasteiger partial charge in [0.15, 0.2) is 11.5 Å². The molecule has 0 bridgehead atoms. The van der Waals surface area contributed by atoms with E-state index in [2.05, 4.69) is 87.4 Å². The molecular weight excluding hydrogens is 544 g/mol. The number of carbonyl (C=O) groups is 1. The molecule has 0 aliphatic heterocycles. The summed E-state index contributed by atoms with van der Waals surface area (Å²) in [7, 11) is 0. The molecule has 0 spiro atoms. The van der Waals surface area contributed by atoms with E-state index in [-0.39, 0.29) is 45.4 Å². The molecule has 4 heteroatoms. The smallest absolute Gasteiger partial charge is 0.169 e. The highest BCUT2D eigenvalue weighted by Gasteiger charge is 2.54. The van der Waals surface area contributed by atoms with Gasteiger partial charge in [-0.2, -0.15) is 4.89 Å². The molecule has 2 aromatic rings. The highest BCUT2D eigenvalue weighted by Crippen LogP contribution is 2.61. The predicted molar refractivity (Wildman–Crippen MR) is 178 cm³/mol. The Bertz CT molecular complexity index is 1460. The summed E-state index contributed by atoms with van der Waals surface area (Å²) < 4.78 is 0. The van der Waals surface area contributed by atoms with Gasteiger partial charge in [-0.15, -0.1) is 0 Å². The third kappa shape index (κ3) is 4.84. The number of rotatable bonds is 5. The molecule has 4 aliphatic carbocycles. The molecule has 0 saturated heterocycles. The van der Waals surface area contributed by atoms with Crippen LogP contribution in [0.1, 0.15) is 177 Å².